The fourth-order valence-electron chi connectivity index (χ4n) is 2.63. The molecule has 0 aromatic heterocycles. The highest BCUT2D eigenvalue weighted by atomic mass is 16.3. The molecular weight excluding hydrogens is 230 g/mol. The molecule has 0 radical (unpaired) electrons. The van der Waals surface area contributed by atoms with E-state index in [2.05, 4.69) is 6.92 Å². The number of aliphatic hydroxyl groups is 2. The van der Waals surface area contributed by atoms with Gasteiger partial charge in [-0.05, 0) is 33.1 Å². The molecule has 2 atom stereocenters. The fourth-order valence-corrected chi connectivity index (χ4v) is 2.63. The van der Waals surface area contributed by atoms with Crippen LogP contribution in [0.25, 0.3) is 0 Å². The molecule has 1 amide bonds. The minimum absolute atomic E-state index is 0.333. The zero-order chi connectivity index (χ0) is 14.2. The Hall–Kier alpha value is -0.610. The smallest absolute Gasteiger partial charge is 0.223 e. The second-order valence-corrected chi connectivity index (χ2v) is 5.56. The summed E-state index contributed by atoms with van der Waals surface area (Å²) in [6, 6.07) is 0. The first-order valence-corrected chi connectivity index (χ1v) is 7.00. The molecule has 0 aromatic carbocycles. The van der Waals surface area contributed by atoms with Gasteiger partial charge in [0.25, 0.3) is 0 Å². The second-order valence-electron chi connectivity index (χ2n) is 5.56. The van der Waals surface area contributed by atoms with E-state index in [0.717, 1.165) is 25.7 Å². The molecule has 4 nitrogen and oxygen atoms in total. The first-order chi connectivity index (χ1) is 8.34. The zero-order valence-corrected chi connectivity index (χ0v) is 12.0. The Morgan fingerprint density at radius 1 is 1.11 bits per heavy atom. The third kappa shape index (κ3) is 6.36. The quantitative estimate of drug-likeness (QED) is 0.524. The molecule has 0 heterocycles. The van der Waals surface area contributed by atoms with Crippen LogP contribution in [0.15, 0.2) is 0 Å². The minimum Gasteiger partial charge on any atom is -0.393 e. The molecule has 0 fully saturated rings. The first kappa shape index (κ1) is 17.4. The molecule has 4 heteroatoms. The maximum Gasteiger partial charge on any atom is 0.223 e. The van der Waals surface area contributed by atoms with Crippen LogP contribution in [0.4, 0.5) is 0 Å². The van der Waals surface area contributed by atoms with E-state index in [1.165, 1.54) is 0 Å². The number of aliphatic hydroxyl groups excluding tert-OH is 2. The number of carbonyl (C=O) groups excluding carboxylic acids is 1. The summed E-state index contributed by atoms with van der Waals surface area (Å²) in [4.78, 5) is 11.8. The van der Waals surface area contributed by atoms with Gasteiger partial charge in [0.1, 0.15) is 0 Å². The summed E-state index contributed by atoms with van der Waals surface area (Å²) < 4.78 is 0. The van der Waals surface area contributed by atoms with E-state index in [4.69, 9.17) is 5.73 Å². The Bertz CT molecular complexity index is 229. The van der Waals surface area contributed by atoms with E-state index in [1.807, 2.05) is 0 Å². The van der Waals surface area contributed by atoms with Gasteiger partial charge in [-0.3, -0.25) is 4.79 Å². The van der Waals surface area contributed by atoms with Gasteiger partial charge < -0.3 is 15.9 Å². The number of unbranched alkanes of at least 4 members (excludes halogenated alkanes) is 3. The number of primary amides is 1. The molecule has 18 heavy (non-hydrogen) atoms. The lowest BCUT2D eigenvalue weighted by Gasteiger charge is -2.33. The van der Waals surface area contributed by atoms with Crippen LogP contribution in [0, 0.1) is 5.41 Å². The molecule has 0 bridgehead atoms. The van der Waals surface area contributed by atoms with Gasteiger partial charge in [-0.2, -0.15) is 0 Å². The Morgan fingerprint density at radius 2 is 1.61 bits per heavy atom. The molecular formula is C14H29NO3. The van der Waals surface area contributed by atoms with Crippen LogP contribution in [0.5, 0.6) is 0 Å². The third-order valence-electron chi connectivity index (χ3n) is 3.40. The molecule has 0 aliphatic carbocycles. The van der Waals surface area contributed by atoms with Gasteiger partial charge in [0.05, 0.1) is 17.6 Å². The van der Waals surface area contributed by atoms with Crippen LogP contribution < -0.4 is 5.73 Å². The van der Waals surface area contributed by atoms with Crippen molar-refractivity contribution >= 4 is 5.91 Å². The van der Waals surface area contributed by atoms with Crippen LogP contribution in [-0.2, 0) is 4.79 Å². The molecule has 2 unspecified atom stereocenters. The van der Waals surface area contributed by atoms with Gasteiger partial charge in [-0.25, -0.2) is 0 Å². The van der Waals surface area contributed by atoms with Gasteiger partial charge in [0, 0.05) is 0 Å². The lowest BCUT2D eigenvalue weighted by molar-refractivity contribution is -0.132. The van der Waals surface area contributed by atoms with Crippen molar-refractivity contribution in [3.05, 3.63) is 0 Å². The van der Waals surface area contributed by atoms with Crippen LogP contribution in [-0.4, -0.2) is 28.3 Å². The van der Waals surface area contributed by atoms with E-state index in [-0.39, 0.29) is 0 Å². The highest BCUT2D eigenvalue weighted by Crippen LogP contribution is 2.35. The van der Waals surface area contributed by atoms with E-state index in [1.54, 1.807) is 13.8 Å². The highest BCUT2D eigenvalue weighted by Gasteiger charge is 2.38. The molecule has 0 spiro atoms. The molecule has 0 rings (SSSR count). The largest absolute Gasteiger partial charge is 0.393 e. The third-order valence-corrected chi connectivity index (χ3v) is 3.40. The predicted octanol–water partition coefficient (Wildman–Crippen LogP) is 1.97. The minimum atomic E-state index is -0.768. The van der Waals surface area contributed by atoms with Crippen molar-refractivity contribution in [2.24, 2.45) is 11.1 Å². The number of carbonyl (C=O) groups is 1. The fraction of sp³-hybridized carbons (Fsp3) is 0.929. The van der Waals surface area contributed by atoms with Gasteiger partial charge in [0.2, 0.25) is 5.91 Å². The number of rotatable bonds is 10. The molecule has 0 aromatic rings. The number of amides is 1. The average molecular weight is 259 g/mol. The number of nitrogens with two attached hydrogens (primary N) is 1. The molecule has 0 aliphatic heterocycles. The Morgan fingerprint density at radius 3 is 1.94 bits per heavy atom. The summed E-state index contributed by atoms with van der Waals surface area (Å²) in [5.41, 5.74) is 4.75. The average Bonchev–Trinajstić information content (AvgIpc) is 2.22. The topological polar surface area (TPSA) is 83.6 Å². The standard InChI is InChI=1S/C14H29NO3/c1-4-5-6-7-8-14(13(15)18,9-11(2)16)10-12(3)17/h11-12,16-17H,4-10H2,1-3H3,(H2,15,18). The van der Waals surface area contributed by atoms with Gasteiger partial charge in [-0.1, -0.05) is 32.6 Å². The van der Waals surface area contributed by atoms with Crippen LogP contribution in [0.3, 0.4) is 0 Å². The maximum absolute atomic E-state index is 11.8. The first-order valence-electron chi connectivity index (χ1n) is 7.00. The number of hydrogen-bond acceptors (Lipinski definition) is 3. The van der Waals surface area contributed by atoms with Gasteiger partial charge >= 0.3 is 0 Å². The molecule has 0 aliphatic rings. The molecule has 0 saturated carbocycles. The van der Waals surface area contributed by atoms with Gasteiger partial charge in [-0.15, -0.1) is 0 Å². The van der Waals surface area contributed by atoms with Gasteiger partial charge in [0.15, 0.2) is 0 Å². The van der Waals surface area contributed by atoms with Crippen molar-refractivity contribution in [1.29, 1.82) is 0 Å². The van der Waals surface area contributed by atoms with Crippen LogP contribution in [0.2, 0.25) is 0 Å². The maximum atomic E-state index is 11.8. The summed E-state index contributed by atoms with van der Waals surface area (Å²) in [6.07, 6.45) is 4.40. The highest BCUT2D eigenvalue weighted by molar-refractivity contribution is 5.80. The van der Waals surface area contributed by atoms with Crippen molar-refractivity contribution in [3.8, 4) is 0 Å². The number of hydrogen-bond donors (Lipinski definition) is 3. The van der Waals surface area contributed by atoms with E-state index < -0.39 is 23.5 Å². The van der Waals surface area contributed by atoms with E-state index in [0.29, 0.717) is 19.3 Å². The molecule has 4 N–H and O–H groups in total. The summed E-state index contributed by atoms with van der Waals surface area (Å²) in [5.74, 6) is -0.402. The normalized spacial score (nSPS) is 18.1. The summed E-state index contributed by atoms with van der Waals surface area (Å²) in [5, 5.41) is 19.1. The second kappa shape index (κ2) is 8.48. The Kier molecular flexibility index (Phi) is 8.20. The van der Waals surface area contributed by atoms with Crippen molar-refractivity contribution in [1.82, 2.24) is 0 Å². The molecule has 0 saturated heterocycles. The van der Waals surface area contributed by atoms with E-state index in [9.17, 15) is 15.0 Å². The summed E-state index contributed by atoms with van der Waals surface area (Å²) in [6.45, 7) is 5.45. The van der Waals surface area contributed by atoms with Crippen LogP contribution in [0.1, 0.15) is 65.7 Å². The van der Waals surface area contributed by atoms with Crippen molar-refractivity contribution in [2.45, 2.75) is 77.9 Å². The lowest BCUT2D eigenvalue weighted by atomic mass is 9.73. The summed E-state index contributed by atoms with van der Waals surface area (Å²) >= 11 is 0. The zero-order valence-electron chi connectivity index (χ0n) is 12.0. The van der Waals surface area contributed by atoms with Crippen molar-refractivity contribution < 1.29 is 15.0 Å². The van der Waals surface area contributed by atoms with Crippen LogP contribution >= 0.6 is 0 Å². The SMILES string of the molecule is CCCCCCC(CC(C)O)(CC(C)O)C(N)=O. The van der Waals surface area contributed by atoms with E-state index >= 15 is 0 Å². The predicted molar refractivity (Wildman–Crippen MR) is 73.0 cm³/mol. The monoisotopic (exact) mass is 259 g/mol. The summed E-state index contributed by atoms with van der Waals surface area (Å²) in [7, 11) is 0. The Balaban J connectivity index is 4.67. The lowest BCUT2D eigenvalue weighted by Crippen LogP contribution is -2.41. The van der Waals surface area contributed by atoms with Crippen molar-refractivity contribution in [2.75, 3.05) is 0 Å². The van der Waals surface area contributed by atoms with Crippen molar-refractivity contribution in [3.63, 3.8) is 0 Å². The Labute approximate surface area is 111 Å². The molecule has 108 valence electrons.